The van der Waals surface area contributed by atoms with Gasteiger partial charge in [0.1, 0.15) is 0 Å². The number of imide groups is 1. The molecule has 100 valence electrons. The Balaban J connectivity index is 1.71. The zero-order valence-corrected chi connectivity index (χ0v) is 10.6. The molecule has 1 atom stereocenters. The number of hydrogen-bond donors (Lipinski definition) is 0. The van der Waals surface area contributed by atoms with Gasteiger partial charge in [-0.15, -0.1) is 0 Å². The maximum Gasteiger partial charge on any atom is 0.247 e. The number of likely N-dealkylation sites (tertiary alicyclic amines) is 1. The van der Waals surface area contributed by atoms with E-state index in [1.54, 1.807) is 4.90 Å². The fourth-order valence-corrected chi connectivity index (χ4v) is 3.35. The lowest BCUT2D eigenvalue weighted by molar-refractivity contribution is -0.142. The average molecular weight is 252 g/mol. The SMILES string of the molecule is O=C1C[C@@H](N2CCOCC2)C(=O)N1C1CCCC1. The van der Waals surface area contributed by atoms with Crippen LogP contribution in [0.25, 0.3) is 0 Å². The Morgan fingerprint density at radius 2 is 1.72 bits per heavy atom. The lowest BCUT2D eigenvalue weighted by Gasteiger charge is -2.31. The van der Waals surface area contributed by atoms with Gasteiger partial charge >= 0.3 is 0 Å². The summed E-state index contributed by atoms with van der Waals surface area (Å²) in [4.78, 5) is 28.2. The minimum atomic E-state index is -0.220. The zero-order valence-electron chi connectivity index (χ0n) is 10.6. The highest BCUT2D eigenvalue weighted by Gasteiger charge is 2.45. The minimum absolute atomic E-state index is 0.0309. The molecule has 1 aliphatic carbocycles. The monoisotopic (exact) mass is 252 g/mol. The summed E-state index contributed by atoms with van der Waals surface area (Å²) in [6, 6.07) is -0.0435. The van der Waals surface area contributed by atoms with Crippen LogP contribution in [-0.4, -0.2) is 60.0 Å². The molecule has 3 fully saturated rings. The number of hydrogen-bond acceptors (Lipinski definition) is 4. The van der Waals surface area contributed by atoms with Gasteiger partial charge in [-0.2, -0.15) is 0 Å². The molecule has 0 aromatic carbocycles. The smallest absolute Gasteiger partial charge is 0.247 e. The molecule has 2 amide bonds. The van der Waals surface area contributed by atoms with Crippen LogP contribution in [0.2, 0.25) is 0 Å². The van der Waals surface area contributed by atoms with Gasteiger partial charge in [0.15, 0.2) is 0 Å². The maximum atomic E-state index is 12.4. The van der Waals surface area contributed by atoms with E-state index in [9.17, 15) is 9.59 Å². The topological polar surface area (TPSA) is 49.9 Å². The standard InChI is InChI=1S/C13H20N2O3/c16-12-9-11(14-5-7-18-8-6-14)13(17)15(12)10-3-1-2-4-10/h10-11H,1-9H2/t11-/m1/s1. The second-order valence-electron chi connectivity index (χ2n) is 5.41. The van der Waals surface area contributed by atoms with Crippen LogP contribution in [0.4, 0.5) is 0 Å². The third kappa shape index (κ3) is 2.06. The summed E-state index contributed by atoms with van der Waals surface area (Å²) >= 11 is 0. The Hall–Kier alpha value is -0.940. The normalized spacial score (nSPS) is 31.6. The van der Waals surface area contributed by atoms with Crippen LogP contribution in [0.1, 0.15) is 32.1 Å². The molecular formula is C13H20N2O3. The van der Waals surface area contributed by atoms with E-state index in [4.69, 9.17) is 4.74 Å². The number of morpholine rings is 1. The Labute approximate surface area is 107 Å². The van der Waals surface area contributed by atoms with Gasteiger partial charge in [-0.3, -0.25) is 19.4 Å². The van der Waals surface area contributed by atoms with E-state index in [1.807, 2.05) is 0 Å². The van der Waals surface area contributed by atoms with E-state index in [2.05, 4.69) is 4.90 Å². The van der Waals surface area contributed by atoms with Crippen LogP contribution >= 0.6 is 0 Å². The quantitative estimate of drug-likeness (QED) is 0.667. The molecule has 3 rings (SSSR count). The lowest BCUT2D eigenvalue weighted by Crippen LogP contribution is -2.48. The van der Waals surface area contributed by atoms with Crippen LogP contribution in [0.3, 0.4) is 0 Å². The van der Waals surface area contributed by atoms with E-state index >= 15 is 0 Å². The molecule has 2 heterocycles. The highest BCUT2D eigenvalue weighted by molar-refractivity contribution is 6.05. The first kappa shape index (κ1) is 12.1. The first-order valence-corrected chi connectivity index (χ1v) is 6.95. The molecule has 0 bridgehead atoms. The third-order valence-corrected chi connectivity index (χ3v) is 4.34. The molecule has 0 aromatic heterocycles. The zero-order chi connectivity index (χ0) is 12.5. The van der Waals surface area contributed by atoms with Crippen molar-refractivity contribution in [3.05, 3.63) is 0 Å². The summed E-state index contributed by atoms with van der Waals surface area (Å²) < 4.78 is 5.30. The number of amides is 2. The fraction of sp³-hybridized carbons (Fsp3) is 0.846. The minimum Gasteiger partial charge on any atom is -0.379 e. The van der Waals surface area contributed by atoms with Crippen LogP contribution < -0.4 is 0 Å². The summed E-state index contributed by atoms with van der Waals surface area (Å²) in [7, 11) is 0. The molecule has 3 aliphatic rings. The number of carbonyl (C=O) groups is 2. The van der Waals surface area contributed by atoms with Crippen LogP contribution in [0.5, 0.6) is 0 Å². The summed E-state index contributed by atoms with van der Waals surface area (Å²) in [6.45, 7) is 2.87. The van der Waals surface area contributed by atoms with Crippen molar-refractivity contribution >= 4 is 11.8 Å². The largest absolute Gasteiger partial charge is 0.379 e. The van der Waals surface area contributed by atoms with Gasteiger partial charge in [-0.05, 0) is 12.8 Å². The molecule has 0 aromatic rings. The Bertz CT molecular complexity index is 346. The lowest BCUT2D eigenvalue weighted by atomic mass is 10.2. The van der Waals surface area contributed by atoms with Crippen molar-refractivity contribution in [2.45, 2.75) is 44.2 Å². The molecule has 0 unspecified atom stereocenters. The molecule has 0 radical (unpaired) electrons. The first-order chi connectivity index (χ1) is 8.77. The summed E-state index contributed by atoms with van der Waals surface area (Å²) in [5, 5.41) is 0. The van der Waals surface area contributed by atoms with E-state index in [0.717, 1.165) is 38.8 Å². The predicted molar refractivity (Wildman–Crippen MR) is 64.9 cm³/mol. The third-order valence-electron chi connectivity index (χ3n) is 4.34. The van der Waals surface area contributed by atoms with Gasteiger partial charge in [0.05, 0.1) is 25.7 Å². The van der Waals surface area contributed by atoms with E-state index in [1.165, 1.54) is 0 Å². The maximum absolute atomic E-state index is 12.4. The highest BCUT2D eigenvalue weighted by atomic mass is 16.5. The van der Waals surface area contributed by atoms with E-state index in [-0.39, 0.29) is 23.9 Å². The molecule has 1 saturated carbocycles. The van der Waals surface area contributed by atoms with Crippen LogP contribution in [0.15, 0.2) is 0 Å². The second kappa shape index (κ2) is 4.97. The van der Waals surface area contributed by atoms with Crippen LogP contribution in [0, 0.1) is 0 Å². The number of carbonyl (C=O) groups excluding carboxylic acids is 2. The van der Waals surface area contributed by atoms with Gasteiger partial charge in [-0.1, -0.05) is 12.8 Å². The van der Waals surface area contributed by atoms with Gasteiger partial charge in [0.2, 0.25) is 11.8 Å². The summed E-state index contributed by atoms with van der Waals surface area (Å²) in [5.41, 5.74) is 0. The van der Waals surface area contributed by atoms with Crippen molar-refractivity contribution in [2.24, 2.45) is 0 Å². The van der Waals surface area contributed by atoms with Crippen molar-refractivity contribution in [1.82, 2.24) is 9.80 Å². The molecular weight excluding hydrogens is 232 g/mol. The highest BCUT2D eigenvalue weighted by Crippen LogP contribution is 2.29. The van der Waals surface area contributed by atoms with Gasteiger partial charge in [0.25, 0.3) is 0 Å². The number of rotatable bonds is 2. The van der Waals surface area contributed by atoms with Crippen molar-refractivity contribution in [3.63, 3.8) is 0 Å². The molecule has 0 spiro atoms. The molecule has 0 N–H and O–H groups in total. The summed E-state index contributed by atoms with van der Waals surface area (Å²) in [5.74, 6) is 0.0668. The van der Waals surface area contributed by atoms with Crippen molar-refractivity contribution in [2.75, 3.05) is 26.3 Å². The molecule has 5 heteroatoms. The summed E-state index contributed by atoms with van der Waals surface area (Å²) in [6.07, 6.45) is 4.64. The molecule has 5 nitrogen and oxygen atoms in total. The Morgan fingerprint density at radius 1 is 1.06 bits per heavy atom. The van der Waals surface area contributed by atoms with Gasteiger partial charge < -0.3 is 4.74 Å². The molecule has 2 aliphatic heterocycles. The fourth-order valence-electron chi connectivity index (χ4n) is 3.35. The van der Waals surface area contributed by atoms with Crippen molar-refractivity contribution in [3.8, 4) is 0 Å². The van der Waals surface area contributed by atoms with Crippen LogP contribution in [-0.2, 0) is 14.3 Å². The second-order valence-corrected chi connectivity index (χ2v) is 5.41. The Kier molecular flexibility index (Phi) is 3.35. The number of nitrogens with zero attached hydrogens (tertiary/aromatic N) is 2. The van der Waals surface area contributed by atoms with Crippen molar-refractivity contribution < 1.29 is 14.3 Å². The van der Waals surface area contributed by atoms with Gasteiger partial charge in [-0.25, -0.2) is 0 Å². The predicted octanol–water partition coefficient (Wildman–Crippen LogP) is 0.389. The van der Waals surface area contributed by atoms with Crippen molar-refractivity contribution in [1.29, 1.82) is 0 Å². The first-order valence-electron chi connectivity index (χ1n) is 6.95. The van der Waals surface area contributed by atoms with Gasteiger partial charge in [0, 0.05) is 19.1 Å². The average Bonchev–Trinajstić information content (AvgIpc) is 2.99. The Morgan fingerprint density at radius 3 is 2.39 bits per heavy atom. The number of ether oxygens (including phenoxy) is 1. The molecule has 18 heavy (non-hydrogen) atoms. The van der Waals surface area contributed by atoms with E-state index in [0.29, 0.717) is 19.6 Å². The molecule has 2 saturated heterocycles. The van der Waals surface area contributed by atoms with E-state index < -0.39 is 0 Å².